The first-order chi connectivity index (χ1) is 14.0. The third-order valence-corrected chi connectivity index (χ3v) is 8.22. The van der Waals surface area contributed by atoms with Crippen molar-refractivity contribution in [1.29, 1.82) is 0 Å². The molecule has 3 rings (SSSR count). The summed E-state index contributed by atoms with van der Waals surface area (Å²) < 4.78 is 26.8. The fourth-order valence-corrected chi connectivity index (χ4v) is 6.04. The molecule has 1 N–H and O–H groups in total. The highest BCUT2D eigenvalue weighted by molar-refractivity contribution is 7.88. The number of hydrogen-bond acceptors (Lipinski definition) is 4. The quantitative estimate of drug-likeness (QED) is 0.701. The summed E-state index contributed by atoms with van der Waals surface area (Å²) in [5.41, 5.74) is 0.800. The summed E-state index contributed by atoms with van der Waals surface area (Å²) in [6.07, 6.45) is 7.69. The van der Waals surface area contributed by atoms with Gasteiger partial charge in [-0.05, 0) is 38.3 Å². The number of nitrogens with zero attached hydrogens (tertiary/aromatic N) is 2. The molecular weight excluding hydrogens is 386 g/mol. The van der Waals surface area contributed by atoms with Gasteiger partial charge in [0.2, 0.25) is 15.9 Å². The van der Waals surface area contributed by atoms with Crippen molar-refractivity contribution in [2.75, 3.05) is 33.2 Å². The fourth-order valence-electron chi connectivity index (χ4n) is 4.48. The third-order valence-electron chi connectivity index (χ3n) is 6.37. The Bertz CT molecular complexity index is 740. The zero-order valence-corrected chi connectivity index (χ0v) is 18.4. The molecule has 0 bridgehead atoms. The van der Waals surface area contributed by atoms with Gasteiger partial charge < -0.3 is 10.2 Å². The molecule has 0 unspecified atom stereocenters. The first-order valence-corrected chi connectivity index (χ1v) is 12.6. The smallest absolute Gasteiger partial charge is 0.223 e. The summed E-state index contributed by atoms with van der Waals surface area (Å²) in [4.78, 5) is 14.9. The third kappa shape index (κ3) is 6.52. The SMILES string of the molecule is CN(CCNC(=O)C1CCN(S(=O)(=O)Cc2ccccc2)CC1)C1CCCCC1. The minimum atomic E-state index is -3.33. The maximum atomic E-state index is 12.6. The van der Waals surface area contributed by atoms with Gasteiger partial charge in [0.05, 0.1) is 5.75 Å². The highest BCUT2D eigenvalue weighted by Crippen LogP contribution is 2.23. The molecule has 1 saturated heterocycles. The summed E-state index contributed by atoms with van der Waals surface area (Å²) in [5.74, 6) is 0.0124. The van der Waals surface area contributed by atoms with Gasteiger partial charge in [-0.2, -0.15) is 0 Å². The number of carbonyl (C=O) groups excluding carboxylic acids is 1. The molecule has 1 amide bonds. The topological polar surface area (TPSA) is 69.7 Å². The van der Waals surface area contributed by atoms with Crippen molar-refractivity contribution >= 4 is 15.9 Å². The van der Waals surface area contributed by atoms with Gasteiger partial charge in [-0.15, -0.1) is 0 Å². The Morgan fingerprint density at radius 2 is 1.72 bits per heavy atom. The Morgan fingerprint density at radius 3 is 2.38 bits per heavy atom. The second-order valence-corrected chi connectivity index (χ2v) is 10.4. The molecule has 0 atom stereocenters. The molecule has 1 heterocycles. The molecule has 0 spiro atoms. The van der Waals surface area contributed by atoms with E-state index in [1.165, 1.54) is 32.1 Å². The zero-order valence-electron chi connectivity index (χ0n) is 17.6. The van der Waals surface area contributed by atoms with Crippen molar-refractivity contribution in [3.8, 4) is 0 Å². The first kappa shape index (κ1) is 22.2. The van der Waals surface area contributed by atoms with Crippen LogP contribution in [0.1, 0.15) is 50.5 Å². The fraction of sp³-hybridized carbons (Fsp3) is 0.682. The summed E-state index contributed by atoms with van der Waals surface area (Å²) in [5, 5.41) is 3.07. The van der Waals surface area contributed by atoms with Crippen LogP contribution in [-0.4, -0.2) is 62.8 Å². The summed E-state index contributed by atoms with van der Waals surface area (Å²) in [7, 11) is -1.18. The molecule has 2 fully saturated rings. The monoisotopic (exact) mass is 421 g/mol. The van der Waals surface area contributed by atoms with E-state index in [1.54, 1.807) is 4.31 Å². The van der Waals surface area contributed by atoms with Crippen molar-refractivity contribution in [1.82, 2.24) is 14.5 Å². The van der Waals surface area contributed by atoms with Crippen molar-refractivity contribution < 1.29 is 13.2 Å². The summed E-state index contributed by atoms with van der Waals surface area (Å²) in [6, 6.07) is 9.91. The van der Waals surface area contributed by atoms with Crippen molar-refractivity contribution in [2.24, 2.45) is 5.92 Å². The number of hydrogen-bond donors (Lipinski definition) is 1. The van der Waals surface area contributed by atoms with Crippen LogP contribution in [0.4, 0.5) is 0 Å². The van der Waals surface area contributed by atoms with Crippen molar-refractivity contribution in [3.05, 3.63) is 35.9 Å². The Hall–Kier alpha value is -1.44. The van der Waals surface area contributed by atoms with Crippen LogP contribution in [0, 0.1) is 5.92 Å². The predicted octanol–water partition coefficient (Wildman–Crippen LogP) is 2.61. The van der Waals surface area contributed by atoms with Crippen molar-refractivity contribution in [3.63, 3.8) is 0 Å². The number of carbonyl (C=O) groups is 1. The lowest BCUT2D eigenvalue weighted by Gasteiger charge is -2.32. The second kappa shape index (κ2) is 10.5. The number of rotatable bonds is 8. The molecule has 29 heavy (non-hydrogen) atoms. The van der Waals surface area contributed by atoms with Gasteiger partial charge in [0, 0.05) is 38.1 Å². The number of benzene rings is 1. The van der Waals surface area contributed by atoms with Crippen LogP contribution in [0.3, 0.4) is 0 Å². The largest absolute Gasteiger partial charge is 0.355 e. The van der Waals surface area contributed by atoms with Gasteiger partial charge in [0.1, 0.15) is 0 Å². The van der Waals surface area contributed by atoms with Gasteiger partial charge in [-0.1, -0.05) is 49.6 Å². The average molecular weight is 422 g/mol. The van der Waals surface area contributed by atoms with E-state index in [4.69, 9.17) is 0 Å². The van der Waals surface area contributed by atoms with Gasteiger partial charge in [0.25, 0.3) is 0 Å². The van der Waals surface area contributed by atoms with E-state index < -0.39 is 10.0 Å². The molecule has 1 aromatic rings. The first-order valence-electron chi connectivity index (χ1n) is 11.0. The van der Waals surface area contributed by atoms with Crippen LogP contribution >= 0.6 is 0 Å². The second-order valence-electron chi connectivity index (χ2n) is 8.48. The van der Waals surface area contributed by atoms with Gasteiger partial charge in [-0.3, -0.25) is 4.79 Å². The number of piperidine rings is 1. The molecule has 1 saturated carbocycles. The molecule has 1 aliphatic carbocycles. The molecule has 1 aromatic carbocycles. The predicted molar refractivity (Wildman–Crippen MR) is 116 cm³/mol. The van der Waals surface area contributed by atoms with E-state index in [1.807, 2.05) is 30.3 Å². The lowest BCUT2D eigenvalue weighted by Crippen LogP contribution is -2.45. The Labute approximate surface area is 175 Å². The van der Waals surface area contributed by atoms with E-state index in [9.17, 15) is 13.2 Å². The van der Waals surface area contributed by atoms with Crippen LogP contribution in [0.15, 0.2) is 30.3 Å². The highest BCUT2D eigenvalue weighted by atomic mass is 32.2. The Morgan fingerprint density at radius 1 is 1.07 bits per heavy atom. The average Bonchev–Trinajstić information content (AvgIpc) is 2.74. The summed E-state index contributed by atoms with van der Waals surface area (Å²) in [6.45, 7) is 2.39. The number of sulfonamides is 1. The molecule has 1 aliphatic heterocycles. The van der Waals surface area contributed by atoms with Crippen LogP contribution in [0.25, 0.3) is 0 Å². The van der Waals surface area contributed by atoms with Crippen LogP contribution in [0.2, 0.25) is 0 Å². The van der Waals surface area contributed by atoms with Gasteiger partial charge in [-0.25, -0.2) is 12.7 Å². The number of nitrogens with one attached hydrogen (secondary N) is 1. The molecular formula is C22H35N3O3S. The molecule has 162 valence electrons. The van der Waals surface area contributed by atoms with E-state index in [0.717, 1.165) is 12.1 Å². The lowest BCUT2D eigenvalue weighted by molar-refractivity contribution is -0.126. The van der Waals surface area contributed by atoms with Crippen LogP contribution in [-0.2, 0) is 20.6 Å². The minimum Gasteiger partial charge on any atom is -0.355 e. The zero-order chi connectivity index (χ0) is 20.7. The standard InChI is InChI=1S/C22H35N3O3S/c1-24(21-10-6-3-7-11-21)17-14-23-22(26)20-12-15-25(16-13-20)29(27,28)18-19-8-4-2-5-9-19/h2,4-5,8-9,20-21H,3,6-7,10-18H2,1H3,(H,23,26). The minimum absolute atomic E-state index is 0.0260. The van der Waals surface area contributed by atoms with Crippen LogP contribution < -0.4 is 5.32 Å². The van der Waals surface area contributed by atoms with E-state index >= 15 is 0 Å². The van der Waals surface area contributed by atoms with E-state index in [0.29, 0.717) is 38.5 Å². The molecule has 7 heteroatoms. The number of amides is 1. The molecule has 0 radical (unpaired) electrons. The Balaban J connectivity index is 1.38. The molecule has 0 aromatic heterocycles. The van der Waals surface area contributed by atoms with Gasteiger partial charge in [0.15, 0.2) is 0 Å². The van der Waals surface area contributed by atoms with E-state index in [-0.39, 0.29) is 17.6 Å². The van der Waals surface area contributed by atoms with Crippen LogP contribution in [0.5, 0.6) is 0 Å². The maximum absolute atomic E-state index is 12.6. The maximum Gasteiger partial charge on any atom is 0.223 e. The van der Waals surface area contributed by atoms with E-state index in [2.05, 4.69) is 17.3 Å². The highest BCUT2D eigenvalue weighted by Gasteiger charge is 2.31. The Kier molecular flexibility index (Phi) is 8.09. The molecule has 2 aliphatic rings. The molecule has 6 nitrogen and oxygen atoms in total. The van der Waals surface area contributed by atoms with Gasteiger partial charge >= 0.3 is 0 Å². The normalized spacial score (nSPS) is 20.1. The van der Waals surface area contributed by atoms with Crippen molar-refractivity contribution in [2.45, 2.75) is 56.7 Å². The summed E-state index contributed by atoms with van der Waals surface area (Å²) >= 11 is 0. The lowest BCUT2D eigenvalue weighted by atomic mass is 9.94. The number of likely N-dealkylation sites (N-methyl/N-ethyl adjacent to an activating group) is 1.